The first kappa shape index (κ1) is 17.3. The van der Waals surface area contributed by atoms with Gasteiger partial charge in [-0.3, -0.25) is 4.79 Å². The third-order valence-corrected chi connectivity index (χ3v) is 4.44. The molecule has 1 atom stereocenters. The normalized spacial score (nSPS) is 16.8. The van der Waals surface area contributed by atoms with Gasteiger partial charge in [0.2, 0.25) is 5.91 Å². The van der Waals surface area contributed by atoms with Crippen LogP contribution in [-0.4, -0.2) is 25.0 Å². The van der Waals surface area contributed by atoms with Crippen LogP contribution in [0, 0.1) is 5.92 Å². The van der Waals surface area contributed by atoms with Gasteiger partial charge in [-0.15, -0.1) is 0 Å². The Morgan fingerprint density at radius 2 is 1.80 bits per heavy atom. The van der Waals surface area contributed by atoms with E-state index in [2.05, 4.69) is 10.6 Å². The largest absolute Gasteiger partial charge is 0.338 e. The van der Waals surface area contributed by atoms with E-state index in [-0.39, 0.29) is 17.9 Å². The quantitative estimate of drug-likeness (QED) is 0.863. The maximum atomic E-state index is 12.2. The highest BCUT2D eigenvalue weighted by Crippen LogP contribution is 2.24. The number of hydrogen-bond donors (Lipinski definition) is 2. The van der Waals surface area contributed by atoms with Crippen LogP contribution in [0.1, 0.15) is 12.0 Å². The van der Waals surface area contributed by atoms with Crippen LogP contribution in [0.25, 0.3) is 0 Å². The van der Waals surface area contributed by atoms with Crippen molar-refractivity contribution < 1.29 is 9.59 Å². The van der Waals surface area contributed by atoms with Crippen molar-refractivity contribution in [2.45, 2.75) is 13.0 Å². The first-order valence-corrected chi connectivity index (χ1v) is 8.61. The summed E-state index contributed by atoms with van der Waals surface area (Å²) in [5.74, 6) is 0.216. The number of halogens is 1. The van der Waals surface area contributed by atoms with E-state index in [1.807, 2.05) is 42.5 Å². The molecule has 130 valence electrons. The van der Waals surface area contributed by atoms with E-state index in [4.69, 9.17) is 11.6 Å². The lowest BCUT2D eigenvalue weighted by atomic mass is 10.1. The monoisotopic (exact) mass is 357 g/mol. The van der Waals surface area contributed by atoms with Crippen molar-refractivity contribution in [3.8, 4) is 0 Å². The number of benzene rings is 2. The molecule has 3 amide bonds. The molecule has 0 spiro atoms. The first-order chi connectivity index (χ1) is 12.1. The summed E-state index contributed by atoms with van der Waals surface area (Å²) in [7, 11) is 0. The van der Waals surface area contributed by atoms with Crippen molar-refractivity contribution in [3.63, 3.8) is 0 Å². The fourth-order valence-corrected chi connectivity index (χ4v) is 2.99. The average molecular weight is 358 g/mol. The van der Waals surface area contributed by atoms with Gasteiger partial charge in [-0.05, 0) is 29.8 Å². The Bertz CT molecular complexity index is 734. The van der Waals surface area contributed by atoms with Gasteiger partial charge in [0, 0.05) is 42.7 Å². The predicted molar refractivity (Wildman–Crippen MR) is 98.6 cm³/mol. The lowest BCUT2D eigenvalue weighted by molar-refractivity contribution is -0.117. The fourth-order valence-electron chi connectivity index (χ4n) is 2.86. The summed E-state index contributed by atoms with van der Waals surface area (Å²) in [6.45, 7) is 1.53. The maximum absolute atomic E-state index is 12.2. The highest BCUT2D eigenvalue weighted by Gasteiger charge is 2.30. The molecule has 1 heterocycles. The Balaban J connectivity index is 1.43. The van der Waals surface area contributed by atoms with Crippen LogP contribution in [0.4, 0.5) is 10.5 Å². The molecule has 2 aromatic carbocycles. The van der Waals surface area contributed by atoms with Crippen molar-refractivity contribution >= 4 is 29.2 Å². The van der Waals surface area contributed by atoms with E-state index in [0.717, 1.165) is 11.3 Å². The number of nitrogens with one attached hydrogen (secondary N) is 2. The molecule has 5 nitrogen and oxygen atoms in total. The Hall–Kier alpha value is -2.53. The van der Waals surface area contributed by atoms with Crippen LogP contribution < -0.4 is 15.5 Å². The van der Waals surface area contributed by atoms with Gasteiger partial charge in [0.15, 0.2) is 0 Å². The molecule has 0 aliphatic carbocycles. The second-order valence-corrected chi connectivity index (χ2v) is 6.54. The van der Waals surface area contributed by atoms with Crippen molar-refractivity contribution in [2.24, 2.45) is 5.92 Å². The molecule has 25 heavy (non-hydrogen) atoms. The first-order valence-electron chi connectivity index (χ1n) is 8.23. The zero-order valence-electron chi connectivity index (χ0n) is 13.7. The van der Waals surface area contributed by atoms with Gasteiger partial charge in [0.05, 0.1) is 0 Å². The summed E-state index contributed by atoms with van der Waals surface area (Å²) < 4.78 is 0. The van der Waals surface area contributed by atoms with Crippen LogP contribution in [0.15, 0.2) is 54.6 Å². The Kier molecular flexibility index (Phi) is 5.56. The van der Waals surface area contributed by atoms with Crippen LogP contribution in [-0.2, 0) is 11.3 Å². The number of rotatable bonds is 5. The highest BCUT2D eigenvalue weighted by molar-refractivity contribution is 6.30. The lowest BCUT2D eigenvalue weighted by Crippen LogP contribution is -2.38. The Morgan fingerprint density at radius 1 is 1.08 bits per heavy atom. The number of carbonyl (C=O) groups excluding carboxylic acids is 2. The van der Waals surface area contributed by atoms with E-state index < -0.39 is 0 Å². The van der Waals surface area contributed by atoms with Gasteiger partial charge in [0.1, 0.15) is 0 Å². The molecule has 2 aromatic rings. The van der Waals surface area contributed by atoms with Crippen molar-refractivity contribution in [2.75, 3.05) is 18.0 Å². The Labute approximate surface area is 152 Å². The number of amides is 3. The maximum Gasteiger partial charge on any atom is 0.315 e. The smallest absolute Gasteiger partial charge is 0.315 e. The molecule has 6 heteroatoms. The number of nitrogens with zero attached hydrogens (tertiary/aromatic N) is 1. The van der Waals surface area contributed by atoms with E-state index >= 15 is 0 Å². The van der Waals surface area contributed by atoms with Crippen LogP contribution in [0.5, 0.6) is 0 Å². The molecule has 1 fully saturated rings. The van der Waals surface area contributed by atoms with Gasteiger partial charge in [0.25, 0.3) is 0 Å². The standard InChI is InChI=1S/C19H20ClN3O2/c20-16-8-6-14(7-9-16)11-21-19(25)22-12-15-10-18(24)23(13-15)17-4-2-1-3-5-17/h1-9,15H,10-13H2,(H2,21,22,25)/t15-/m1/s1. The summed E-state index contributed by atoms with van der Waals surface area (Å²) in [5.41, 5.74) is 1.88. The zero-order chi connectivity index (χ0) is 17.6. The second kappa shape index (κ2) is 8.03. The molecule has 3 rings (SSSR count). The summed E-state index contributed by atoms with van der Waals surface area (Å²) in [6, 6.07) is 16.7. The SMILES string of the molecule is O=C(NCc1ccc(Cl)cc1)NC[C@H]1CC(=O)N(c2ccccc2)C1. The number of urea groups is 1. The topological polar surface area (TPSA) is 61.4 Å². The minimum atomic E-state index is -0.236. The van der Waals surface area contributed by atoms with Gasteiger partial charge >= 0.3 is 6.03 Å². The molecule has 2 N–H and O–H groups in total. The lowest BCUT2D eigenvalue weighted by Gasteiger charge is -2.17. The number of anilines is 1. The molecular weight excluding hydrogens is 338 g/mol. The van der Waals surface area contributed by atoms with Crippen LogP contribution in [0.3, 0.4) is 0 Å². The van der Waals surface area contributed by atoms with Gasteiger partial charge in [-0.1, -0.05) is 41.9 Å². The molecular formula is C19H20ClN3O2. The van der Waals surface area contributed by atoms with Crippen molar-refractivity contribution in [3.05, 3.63) is 65.2 Å². The van der Waals surface area contributed by atoms with Gasteiger partial charge < -0.3 is 15.5 Å². The minimum absolute atomic E-state index is 0.0968. The molecule has 0 saturated carbocycles. The zero-order valence-corrected chi connectivity index (χ0v) is 14.5. The third-order valence-electron chi connectivity index (χ3n) is 4.19. The highest BCUT2D eigenvalue weighted by atomic mass is 35.5. The molecule has 0 aromatic heterocycles. The molecule has 1 saturated heterocycles. The molecule has 0 bridgehead atoms. The molecule has 1 aliphatic heterocycles. The molecule has 0 unspecified atom stereocenters. The van der Waals surface area contributed by atoms with E-state index in [0.29, 0.717) is 31.1 Å². The summed E-state index contributed by atoms with van der Waals surface area (Å²) in [5, 5.41) is 6.32. The van der Waals surface area contributed by atoms with Gasteiger partial charge in [-0.2, -0.15) is 0 Å². The summed E-state index contributed by atoms with van der Waals surface area (Å²) >= 11 is 5.83. The van der Waals surface area contributed by atoms with Crippen LogP contribution >= 0.6 is 11.6 Å². The summed E-state index contributed by atoms with van der Waals surface area (Å²) in [6.07, 6.45) is 0.451. The fraction of sp³-hybridized carbons (Fsp3) is 0.263. The molecule has 0 radical (unpaired) electrons. The minimum Gasteiger partial charge on any atom is -0.338 e. The number of hydrogen-bond acceptors (Lipinski definition) is 2. The van der Waals surface area contributed by atoms with Crippen LogP contribution in [0.2, 0.25) is 5.02 Å². The van der Waals surface area contributed by atoms with E-state index in [9.17, 15) is 9.59 Å². The second-order valence-electron chi connectivity index (χ2n) is 6.10. The van der Waals surface area contributed by atoms with Crippen molar-refractivity contribution in [1.29, 1.82) is 0 Å². The van der Waals surface area contributed by atoms with E-state index in [1.54, 1.807) is 17.0 Å². The third kappa shape index (κ3) is 4.73. The average Bonchev–Trinajstić information content (AvgIpc) is 3.01. The molecule has 1 aliphatic rings. The summed E-state index contributed by atoms with van der Waals surface area (Å²) in [4.78, 5) is 25.9. The number of para-hydroxylation sites is 1. The van der Waals surface area contributed by atoms with Crippen molar-refractivity contribution in [1.82, 2.24) is 10.6 Å². The Morgan fingerprint density at radius 3 is 2.52 bits per heavy atom. The van der Waals surface area contributed by atoms with E-state index in [1.165, 1.54) is 0 Å². The number of carbonyl (C=O) groups is 2. The van der Waals surface area contributed by atoms with Gasteiger partial charge in [-0.25, -0.2) is 4.79 Å². The predicted octanol–water partition coefficient (Wildman–Crippen LogP) is 3.19.